The fourth-order valence-electron chi connectivity index (χ4n) is 2.99. The van der Waals surface area contributed by atoms with E-state index in [1.807, 2.05) is 0 Å². The van der Waals surface area contributed by atoms with Gasteiger partial charge in [-0.2, -0.15) is 13.2 Å². The maximum absolute atomic E-state index is 14.6. The molecule has 0 N–H and O–H groups in total. The van der Waals surface area contributed by atoms with Crippen LogP contribution in [0, 0.1) is 5.82 Å². The number of ether oxygens (including phenoxy) is 1. The van der Waals surface area contributed by atoms with Gasteiger partial charge in [-0.1, -0.05) is 6.07 Å². The lowest BCUT2D eigenvalue weighted by atomic mass is 10.0. The van der Waals surface area contributed by atoms with Crippen LogP contribution >= 0.6 is 0 Å². The van der Waals surface area contributed by atoms with E-state index in [4.69, 9.17) is 4.74 Å². The maximum Gasteiger partial charge on any atom is 0.419 e. The number of alkyl halides is 3. The minimum absolute atomic E-state index is 0.0178. The molecular weight excluding hydrogens is 430 g/mol. The number of likely N-dealkylation sites (N-methyl/N-ethyl adjacent to an activating group) is 1. The molecule has 0 saturated carbocycles. The first-order valence-corrected chi connectivity index (χ1v) is 9.61. The van der Waals surface area contributed by atoms with E-state index in [9.17, 15) is 22.4 Å². The number of halogens is 4. The summed E-state index contributed by atoms with van der Waals surface area (Å²) >= 11 is 0. The van der Waals surface area contributed by atoms with Gasteiger partial charge in [-0.25, -0.2) is 24.3 Å². The molecule has 0 unspecified atom stereocenters. The van der Waals surface area contributed by atoms with Crippen molar-refractivity contribution in [2.45, 2.75) is 26.1 Å². The van der Waals surface area contributed by atoms with Crippen molar-refractivity contribution in [3.05, 3.63) is 66.0 Å². The largest absolute Gasteiger partial charge is 0.461 e. The molecule has 0 bridgehead atoms. The zero-order valence-corrected chi connectivity index (χ0v) is 17.2. The highest BCUT2D eigenvalue weighted by Crippen LogP contribution is 2.28. The summed E-state index contributed by atoms with van der Waals surface area (Å²) in [6.45, 7) is 3.60. The van der Waals surface area contributed by atoms with Gasteiger partial charge in [0.1, 0.15) is 12.4 Å². The van der Waals surface area contributed by atoms with E-state index in [1.54, 1.807) is 19.9 Å². The van der Waals surface area contributed by atoms with Crippen molar-refractivity contribution in [3.63, 3.8) is 0 Å². The molecule has 0 fully saturated rings. The molecule has 2 heterocycles. The summed E-state index contributed by atoms with van der Waals surface area (Å²) in [6.07, 6.45) is -0.423. The molecule has 168 valence electrons. The van der Waals surface area contributed by atoms with Crippen LogP contribution in [0.4, 0.5) is 17.6 Å². The number of nitrogens with zero attached hydrogens (tertiary/aromatic N) is 5. The SMILES string of the molecule is CCN(C(=O)c1cccc(F)c1-c1ncccn1)[C@@H](C)COc1ncc(C(F)(F)F)cn1. The van der Waals surface area contributed by atoms with Crippen LogP contribution in [0.25, 0.3) is 11.4 Å². The Morgan fingerprint density at radius 3 is 2.34 bits per heavy atom. The van der Waals surface area contributed by atoms with Gasteiger partial charge in [-0.15, -0.1) is 0 Å². The highest BCUT2D eigenvalue weighted by molar-refractivity contribution is 6.00. The van der Waals surface area contributed by atoms with Gasteiger partial charge in [0, 0.05) is 31.3 Å². The summed E-state index contributed by atoms with van der Waals surface area (Å²) in [6, 6.07) is 4.91. The van der Waals surface area contributed by atoms with Gasteiger partial charge in [0.2, 0.25) is 0 Å². The van der Waals surface area contributed by atoms with Gasteiger partial charge in [0.05, 0.1) is 22.7 Å². The van der Waals surface area contributed by atoms with Gasteiger partial charge in [-0.05, 0) is 32.0 Å². The molecule has 0 aliphatic heterocycles. The second-order valence-electron chi connectivity index (χ2n) is 6.74. The monoisotopic (exact) mass is 449 g/mol. The van der Waals surface area contributed by atoms with E-state index in [1.165, 1.54) is 35.5 Å². The molecule has 0 aliphatic rings. The maximum atomic E-state index is 14.6. The molecule has 3 rings (SSSR count). The third-order valence-corrected chi connectivity index (χ3v) is 4.58. The lowest BCUT2D eigenvalue weighted by Crippen LogP contribution is -2.42. The van der Waals surface area contributed by atoms with Crippen molar-refractivity contribution in [1.82, 2.24) is 24.8 Å². The topological polar surface area (TPSA) is 81.1 Å². The Morgan fingerprint density at radius 2 is 1.75 bits per heavy atom. The molecule has 7 nitrogen and oxygen atoms in total. The molecule has 32 heavy (non-hydrogen) atoms. The Kier molecular flexibility index (Phi) is 6.96. The average molecular weight is 449 g/mol. The summed E-state index contributed by atoms with van der Waals surface area (Å²) in [5.41, 5.74) is -0.934. The van der Waals surface area contributed by atoms with Crippen molar-refractivity contribution in [3.8, 4) is 17.4 Å². The van der Waals surface area contributed by atoms with Crippen molar-refractivity contribution >= 4 is 5.91 Å². The molecule has 0 spiro atoms. The number of carbonyl (C=O) groups excluding carboxylic acids is 1. The first kappa shape index (κ1) is 23.0. The summed E-state index contributed by atoms with van der Waals surface area (Å²) in [4.78, 5) is 29.8. The van der Waals surface area contributed by atoms with Gasteiger partial charge < -0.3 is 9.64 Å². The van der Waals surface area contributed by atoms with E-state index in [0.29, 0.717) is 12.4 Å². The predicted molar refractivity (Wildman–Crippen MR) is 106 cm³/mol. The molecule has 11 heteroatoms. The third kappa shape index (κ3) is 5.16. The minimum Gasteiger partial charge on any atom is -0.461 e. The molecule has 0 radical (unpaired) electrons. The van der Waals surface area contributed by atoms with Gasteiger partial charge in [0.25, 0.3) is 5.91 Å². The molecular formula is C21H19F4N5O2. The lowest BCUT2D eigenvalue weighted by Gasteiger charge is -2.28. The van der Waals surface area contributed by atoms with Crippen LogP contribution in [-0.2, 0) is 6.18 Å². The number of rotatable bonds is 7. The zero-order chi connectivity index (χ0) is 23.3. The van der Waals surface area contributed by atoms with E-state index < -0.39 is 29.5 Å². The number of benzene rings is 1. The fraction of sp³-hybridized carbons (Fsp3) is 0.286. The molecule has 2 aromatic heterocycles. The van der Waals surface area contributed by atoms with Crippen LogP contribution in [0.3, 0.4) is 0 Å². The minimum atomic E-state index is -4.55. The fourth-order valence-corrected chi connectivity index (χ4v) is 2.99. The van der Waals surface area contributed by atoms with Gasteiger partial charge in [-0.3, -0.25) is 4.79 Å². The summed E-state index contributed by atoms with van der Waals surface area (Å²) in [7, 11) is 0. The highest BCUT2D eigenvalue weighted by Gasteiger charge is 2.31. The number of aromatic nitrogens is 4. The Bertz CT molecular complexity index is 1060. The summed E-state index contributed by atoms with van der Waals surface area (Å²) in [5, 5.41) is 0. The Labute approximate surface area is 181 Å². The quantitative estimate of drug-likeness (QED) is 0.507. The zero-order valence-electron chi connectivity index (χ0n) is 17.2. The van der Waals surface area contributed by atoms with E-state index in [-0.39, 0.29) is 36.1 Å². The second-order valence-corrected chi connectivity index (χ2v) is 6.74. The first-order chi connectivity index (χ1) is 15.2. The average Bonchev–Trinajstić information content (AvgIpc) is 2.78. The van der Waals surface area contributed by atoms with Crippen molar-refractivity contribution in [2.75, 3.05) is 13.2 Å². The first-order valence-electron chi connectivity index (χ1n) is 9.61. The Hall–Kier alpha value is -3.63. The van der Waals surface area contributed by atoms with Crippen molar-refractivity contribution in [2.24, 2.45) is 0 Å². The number of amides is 1. The third-order valence-electron chi connectivity index (χ3n) is 4.58. The van der Waals surface area contributed by atoms with Crippen LogP contribution in [0.1, 0.15) is 29.8 Å². The van der Waals surface area contributed by atoms with E-state index in [0.717, 1.165) is 0 Å². The van der Waals surface area contributed by atoms with Crippen molar-refractivity contribution in [1.29, 1.82) is 0 Å². The van der Waals surface area contributed by atoms with Crippen LogP contribution in [0.15, 0.2) is 49.1 Å². The molecule has 3 aromatic rings. The number of carbonyl (C=O) groups is 1. The Balaban J connectivity index is 1.77. The van der Waals surface area contributed by atoms with Crippen LogP contribution in [0.2, 0.25) is 0 Å². The molecule has 1 amide bonds. The normalized spacial score (nSPS) is 12.3. The van der Waals surface area contributed by atoms with E-state index >= 15 is 0 Å². The second kappa shape index (κ2) is 9.67. The predicted octanol–water partition coefficient (Wildman–Crippen LogP) is 4.02. The Morgan fingerprint density at radius 1 is 1.09 bits per heavy atom. The smallest absolute Gasteiger partial charge is 0.419 e. The number of hydrogen-bond acceptors (Lipinski definition) is 6. The van der Waals surface area contributed by atoms with Crippen molar-refractivity contribution < 1.29 is 27.1 Å². The molecule has 1 atom stereocenters. The van der Waals surface area contributed by atoms with Gasteiger partial charge in [0.15, 0.2) is 5.82 Å². The molecule has 1 aromatic carbocycles. The molecule has 0 saturated heterocycles. The standard InChI is InChI=1S/C21H19F4N5O2/c1-3-30(13(2)12-32-20-28-10-14(11-29-20)21(23,24)25)19(31)15-6-4-7-16(22)17(15)18-26-8-5-9-27-18/h4-11,13H,3,12H2,1-2H3/t13-/m0/s1. The highest BCUT2D eigenvalue weighted by atomic mass is 19.4. The van der Waals surface area contributed by atoms with E-state index in [2.05, 4.69) is 19.9 Å². The summed E-state index contributed by atoms with van der Waals surface area (Å²) < 4.78 is 57.8. The number of hydrogen-bond donors (Lipinski definition) is 0. The van der Waals surface area contributed by atoms with Gasteiger partial charge >= 0.3 is 12.2 Å². The molecule has 0 aliphatic carbocycles. The van der Waals surface area contributed by atoms with Crippen LogP contribution < -0.4 is 4.74 Å². The summed E-state index contributed by atoms with van der Waals surface area (Å²) in [5.74, 6) is -1.04. The lowest BCUT2D eigenvalue weighted by molar-refractivity contribution is -0.138. The van der Waals surface area contributed by atoms with Crippen LogP contribution in [-0.4, -0.2) is 49.9 Å². The van der Waals surface area contributed by atoms with Crippen LogP contribution in [0.5, 0.6) is 6.01 Å².